The summed E-state index contributed by atoms with van der Waals surface area (Å²) < 4.78 is 1.79. The van der Waals surface area contributed by atoms with Crippen LogP contribution in [0.4, 0.5) is 0 Å². The molecule has 3 rings (SSSR count). The number of benzene rings is 1. The Morgan fingerprint density at radius 1 is 1.07 bits per heavy atom. The Balaban J connectivity index is 1.85. The maximum atomic E-state index is 12.7. The van der Waals surface area contributed by atoms with Crippen LogP contribution in [-0.2, 0) is 6.54 Å². The van der Waals surface area contributed by atoms with Crippen LogP contribution in [0.25, 0.3) is 10.8 Å². The topological polar surface area (TPSA) is 93.1 Å². The van der Waals surface area contributed by atoms with Crippen LogP contribution in [0.1, 0.15) is 46.3 Å². The SMILES string of the molecule is CCCCCn1nc(C(=O)NNC(=O)c2ccc(Cl)s2)c2ccccc2c1=O. The average Bonchev–Trinajstić information content (AvgIpc) is 3.14. The highest BCUT2D eigenvalue weighted by Crippen LogP contribution is 2.21. The van der Waals surface area contributed by atoms with Gasteiger partial charge in [0.2, 0.25) is 0 Å². The Morgan fingerprint density at radius 3 is 2.46 bits per heavy atom. The van der Waals surface area contributed by atoms with E-state index in [2.05, 4.69) is 22.9 Å². The summed E-state index contributed by atoms with van der Waals surface area (Å²) in [7, 11) is 0. The predicted molar refractivity (Wildman–Crippen MR) is 110 cm³/mol. The number of nitrogens with one attached hydrogen (secondary N) is 2. The summed E-state index contributed by atoms with van der Waals surface area (Å²) in [5.74, 6) is -1.08. The zero-order chi connectivity index (χ0) is 20.1. The van der Waals surface area contributed by atoms with Gasteiger partial charge in [-0.05, 0) is 24.6 Å². The molecule has 2 heterocycles. The van der Waals surface area contributed by atoms with E-state index < -0.39 is 11.8 Å². The third kappa shape index (κ3) is 4.40. The van der Waals surface area contributed by atoms with Gasteiger partial charge in [-0.2, -0.15) is 5.10 Å². The first kappa shape index (κ1) is 20.0. The van der Waals surface area contributed by atoms with Gasteiger partial charge in [0, 0.05) is 11.9 Å². The minimum atomic E-state index is -0.601. The molecule has 0 aliphatic rings. The quantitative estimate of drug-likeness (QED) is 0.474. The third-order valence-electron chi connectivity index (χ3n) is 4.14. The molecule has 146 valence electrons. The highest BCUT2D eigenvalue weighted by molar-refractivity contribution is 7.17. The summed E-state index contributed by atoms with van der Waals surface area (Å²) in [5, 5.41) is 5.10. The summed E-state index contributed by atoms with van der Waals surface area (Å²) in [6.45, 7) is 2.50. The number of carbonyl (C=O) groups excluding carboxylic acids is 2. The molecule has 1 aromatic carbocycles. The first-order valence-electron chi connectivity index (χ1n) is 8.87. The molecule has 0 aliphatic carbocycles. The highest BCUT2D eigenvalue weighted by Gasteiger charge is 2.18. The zero-order valence-corrected chi connectivity index (χ0v) is 16.8. The number of amides is 2. The predicted octanol–water partition coefficient (Wildman–Crippen LogP) is 3.38. The van der Waals surface area contributed by atoms with Crippen LogP contribution in [-0.4, -0.2) is 21.6 Å². The number of fused-ring (bicyclic) bond motifs is 1. The van der Waals surface area contributed by atoms with Gasteiger partial charge in [0.25, 0.3) is 17.4 Å². The third-order valence-corrected chi connectivity index (χ3v) is 5.37. The molecule has 0 unspecified atom stereocenters. The van der Waals surface area contributed by atoms with Crippen molar-refractivity contribution in [1.82, 2.24) is 20.6 Å². The molecule has 0 spiro atoms. The second kappa shape index (κ2) is 8.99. The van der Waals surface area contributed by atoms with E-state index in [1.54, 1.807) is 36.4 Å². The van der Waals surface area contributed by atoms with Crippen molar-refractivity contribution in [3.05, 3.63) is 61.7 Å². The Hall–Kier alpha value is -2.71. The van der Waals surface area contributed by atoms with Crippen molar-refractivity contribution in [2.24, 2.45) is 0 Å². The fourth-order valence-electron chi connectivity index (χ4n) is 2.74. The Labute approximate surface area is 170 Å². The first-order valence-corrected chi connectivity index (χ1v) is 10.1. The number of rotatable bonds is 6. The number of aromatic nitrogens is 2. The van der Waals surface area contributed by atoms with Crippen LogP contribution < -0.4 is 16.4 Å². The standard InChI is InChI=1S/C19H19ClN4O3S/c1-2-3-6-11-24-19(27)13-8-5-4-7-12(13)16(23-24)18(26)22-21-17(25)14-9-10-15(20)28-14/h4-5,7-10H,2-3,6,11H2,1H3,(H,21,25)(H,22,26). The number of nitrogens with zero attached hydrogens (tertiary/aromatic N) is 2. The highest BCUT2D eigenvalue weighted by atomic mass is 35.5. The molecular formula is C19H19ClN4O3S. The lowest BCUT2D eigenvalue weighted by Gasteiger charge is -2.11. The van der Waals surface area contributed by atoms with Gasteiger partial charge in [-0.3, -0.25) is 25.2 Å². The molecule has 9 heteroatoms. The van der Waals surface area contributed by atoms with Gasteiger partial charge >= 0.3 is 0 Å². The Bertz CT molecular complexity index is 1080. The van der Waals surface area contributed by atoms with Crippen molar-refractivity contribution in [2.45, 2.75) is 32.7 Å². The lowest BCUT2D eigenvalue weighted by molar-refractivity contribution is 0.0845. The number of aryl methyl sites for hydroxylation is 1. The van der Waals surface area contributed by atoms with Crippen LogP contribution in [0.5, 0.6) is 0 Å². The van der Waals surface area contributed by atoms with Gasteiger partial charge in [0.1, 0.15) is 0 Å². The van der Waals surface area contributed by atoms with E-state index in [0.717, 1.165) is 30.6 Å². The number of hydrogen-bond acceptors (Lipinski definition) is 5. The number of thiophene rings is 1. The largest absolute Gasteiger partial charge is 0.290 e. The van der Waals surface area contributed by atoms with Crippen LogP contribution in [0.2, 0.25) is 4.34 Å². The number of hydrazine groups is 1. The summed E-state index contributed by atoms with van der Waals surface area (Å²) in [5.41, 5.74) is 4.55. The number of carbonyl (C=O) groups is 2. The number of halogens is 1. The molecule has 0 fully saturated rings. The molecule has 7 nitrogen and oxygen atoms in total. The van der Waals surface area contributed by atoms with Crippen LogP contribution in [0.3, 0.4) is 0 Å². The molecule has 0 saturated carbocycles. The first-order chi connectivity index (χ1) is 13.5. The van der Waals surface area contributed by atoms with E-state index in [4.69, 9.17) is 11.6 Å². The van der Waals surface area contributed by atoms with Crippen LogP contribution >= 0.6 is 22.9 Å². The Morgan fingerprint density at radius 2 is 1.79 bits per heavy atom. The van der Waals surface area contributed by atoms with Crippen molar-refractivity contribution in [1.29, 1.82) is 0 Å². The van der Waals surface area contributed by atoms with Crippen molar-refractivity contribution >= 4 is 45.5 Å². The van der Waals surface area contributed by atoms with E-state index >= 15 is 0 Å². The lowest BCUT2D eigenvalue weighted by atomic mass is 10.1. The lowest BCUT2D eigenvalue weighted by Crippen LogP contribution is -2.42. The summed E-state index contributed by atoms with van der Waals surface area (Å²) in [4.78, 5) is 37.8. The van der Waals surface area contributed by atoms with Gasteiger partial charge in [0.05, 0.1) is 14.6 Å². The average molecular weight is 419 g/mol. The molecule has 28 heavy (non-hydrogen) atoms. The molecule has 0 radical (unpaired) electrons. The molecule has 3 aromatic rings. The zero-order valence-electron chi connectivity index (χ0n) is 15.2. The molecule has 2 aromatic heterocycles. The molecule has 2 N–H and O–H groups in total. The minimum Gasteiger partial charge on any atom is -0.267 e. The molecule has 0 aliphatic heterocycles. The monoisotopic (exact) mass is 418 g/mol. The fourth-order valence-corrected chi connectivity index (χ4v) is 3.67. The van der Waals surface area contributed by atoms with Crippen molar-refractivity contribution in [2.75, 3.05) is 0 Å². The van der Waals surface area contributed by atoms with Crippen LogP contribution in [0, 0.1) is 0 Å². The second-order valence-corrected chi connectivity index (χ2v) is 7.86. The van der Waals surface area contributed by atoms with Gasteiger partial charge in [0.15, 0.2) is 5.69 Å². The van der Waals surface area contributed by atoms with Gasteiger partial charge < -0.3 is 0 Å². The van der Waals surface area contributed by atoms with E-state index in [0.29, 0.717) is 26.5 Å². The van der Waals surface area contributed by atoms with Gasteiger partial charge in [-0.25, -0.2) is 4.68 Å². The van der Waals surface area contributed by atoms with E-state index in [1.807, 2.05) is 0 Å². The molecule has 0 atom stereocenters. The van der Waals surface area contributed by atoms with Gasteiger partial charge in [-0.15, -0.1) is 11.3 Å². The maximum absolute atomic E-state index is 12.7. The fraction of sp³-hybridized carbons (Fsp3) is 0.263. The van der Waals surface area contributed by atoms with Crippen molar-refractivity contribution in [3.63, 3.8) is 0 Å². The minimum absolute atomic E-state index is 0.0798. The molecular weight excluding hydrogens is 400 g/mol. The van der Waals surface area contributed by atoms with Gasteiger partial charge in [-0.1, -0.05) is 49.6 Å². The Kier molecular flexibility index (Phi) is 6.43. The number of unbranched alkanes of at least 4 members (excludes halogenated alkanes) is 2. The molecule has 0 saturated heterocycles. The summed E-state index contributed by atoms with van der Waals surface area (Å²) in [6, 6.07) is 9.97. The van der Waals surface area contributed by atoms with Crippen molar-refractivity contribution in [3.8, 4) is 0 Å². The smallest absolute Gasteiger partial charge is 0.267 e. The molecule has 2 amide bonds. The second-order valence-electron chi connectivity index (χ2n) is 6.14. The van der Waals surface area contributed by atoms with Crippen LogP contribution in [0.15, 0.2) is 41.2 Å². The van der Waals surface area contributed by atoms with E-state index in [9.17, 15) is 14.4 Å². The van der Waals surface area contributed by atoms with E-state index in [1.165, 1.54) is 4.68 Å². The summed E-state index contributed by atoms with van der Waals surface area (Å²) >= 11 is 6.92. The van der Waals surface area contributed by atoms with E-state index in [-0.39, 0.29) is 11.3 Å². The molecule has 0 bridgehead atoms. The van der Waals surface area contributed by atoms with Crippen molar-refractivity contribution < 1.29 is 9.59 Å². The summed E-state index contributed by atoms with van der Waals surface area (Å²) in [6.07, 6.45) is 2.76. The maximum Gasteiger partial charge on any atom is 0.290 e. The number of hydrogen-bond donors (Lipinski definition) is 2. The normalized spacial score (nSPS) is 10.8.